The topological polar surface area (TPSA) is 89.7 Å². The molecule has 0 fully saturated rings. The van der Waals surface area contributed by atoms with Crippen molar-refractivity contribution >= 4 is 51.1 Å². The highest BCUT2D eigenvalue weighted by molar-refractivity contribution is 14.1. The van der Waals surface area contributed by atoms with Crippen molar-refractivity contribution in [1.29, 1.82) is 0 Å². The first-order valence-corrected chi connectivity index (χ1v) is 10.5. The first kappa shape index (κ1) is 20.7. The van der Waals surface area contributed by atoms with Crippen molar-refractivity contribution in [2.24, 2.45) is 5.10 Å². The Morgan fingerprint density at radius 1 is 1.06 bits per heavy atom. The van der Waals surface area contributed by atoms with Crippen molar-refractivity contribution in [1.82, 2.24) is 4.98 Å². The van der Waals surface area contributed by atoms with E-state index in [0.717, 1.165) is 20.4 Å². The molecule has 4 rings (SSSR count). The van der Waals surface area contributed by atoms with Crippen LogP contribution in [0.15, 0.2) is 84.1 Å². The average molecular weight is 524 g/mol. The molecule has 7 nitrogen and oxygen atoms in total. The number of benzene rings is 3. The van der Waals surface area contributed by atoms with Crippen LogP contribution in [0.4, 0.5) is 11.5 Å². The monoisotopic (exact) mass is 524 g/mol. The number of fused-ring (bicyclic) bond motifs is 1. The Morgan fingerprint density at radius 2 is 1.90 bits per heavy atom. The Hall–Kier alpha value is -3.53. The van der Waals surface area contributed by atoms with Crippen LogP contribution in [0.5, 0.6) is 5.75 Å². The fourth-order valence-electron chi connectivity index (χ4n) is 3.00. The normalized spacial score (nSPS) is 11.0. The number of hydrazone groups is 1. The Bertz CT molecular complexity index is 1280. The maximum atomic E-state index is 11.0. The lowest BCUT2D eigenvalue weighted by atomic mass is 10.1. The van der Waals surface area contributed by atoms with Gasteiger partial charge in [-0.2, -0.15) is 5.10 Å². The minimum atomic E-state index is -0.504. The summed E-state index contributed by atoms with van der Waals surface area (Å²) in [5, 5.41) is 17.5. The van der Waals surface area contributed by atoms with E-state index < -0.39 is 4.92 Å². The van der Waals surface area contributed by atoms with Gasteiger partial charge in [0.2, 0.25) is 5.82 Å². The number of hydrogen-bond acceptors (Lipinski definition) is 6. The molecule has 0 aliphatic carbocycles. The molecule has 0 unspecified atom stereocenters. The van der Waals surface area contributed by atoms with Crippen molar-refractivity contribution in [3.05, 3.63) is 104 Å². The highest BCUT2D eigenvalue weighted by atomic mass is 127. The van der Waals surface area contributed by atoms with Gasteiger partial charge in [-0.05, 0) is 74.8 Å². The summed E-state index contributed by atoms with van der Waals surface area (Å²) >= 11 is 2.21. The molecule has 3 aromatic carbocycles. The maximum Gasteiger partial charge on any atom is 0.313 e. The fourth-order valence-corrected chi connectivity index (χ4v) is 3.70. The second-order valence-electron chi connectivity index (χ2n) is 6.66. The van der Waals surface area contributed by atoms with Crippen LogP contribution in [0.1, 0.15) is 11.1 Å². The van der Waals surface area contributed by atoms with Crippen molar-refractivity contribution in [2.45, 2.75) is 6.61 Å². The SMILES string of the molecule is O=[N+]([O-])c1cccnc1N/N=C\c1ccc(OCc2ccc3ccccc3c2)c(I)c1. The minimum Gasteiger partial charge on any atom is -0.488 e. The molecule has 0 aliphatic rings. The van der Waals surface area contributed by atoms with E-state index in [-0.39, 0.29) is 11.5 Å². The Kier molecular flexibility index (Phi) is 6.37. The highest BCUT2D eigenvalue weighted by Crippen LogP contribution is 2.24. The van der Waals surface area contributed by atoms with Crippen molar-refractivity contribution in [3.63, 3.8) is 0 Å². The van der Waals surface area contributed by atoms with Crippen molar-refractivity contribution in [2.75, 3.05) is 5.43 Å². The van der Waals surface area contributed by atoms with Crippen LogP contribution >= 0.6 is 22.6 Å². The van der Waals surface area contributed by atoms with Crippen LogP contribution in [-0.2, 0) is 6.61 Å². The summed E-state index contributed by atoms with van der Waals surface area (Å²) in [6.07, 6.45) is 3.04. The first-order chi connectivity index (χ1) is 15.1. The molecule has 1 heterocycles. The molecule has 0 atom stereocenters. The first-order valence-electron chi connectivity index (χ1n) is 9.39. The number of nitro groups is 1. The highest BCUT2D eigenvalue weighted by Gasteiger charge is 2.12. The van der Waals surface area contributed by atoms with Gasteiger partial charge in [0.05, 0.1) is 14.7 Å². The molecule has 1 aromatic heterocycles. The molecule has 0 spiro atoms. The number of hydrogen-bond donors (Lipinski definition) is 1. The number of aromatic nitrogens is 1. The number of halogens is 1. The standard InChI is InChI=1S/C23H17IN4O3/c24-20-13-16(14-26-27-23-21(28(29)30)6-3-11-25-23)8-10-22(20)31-15-17-7-9-18-4-1-2-5-19(18)12-17/h1-14H,15H2,(H,25,27)/b26-14-. The van der Waals surface area contributed by atoms with Crippen molar-refractivity contribution < 1.29 is 9.66 Å². The van der Waals surface area contributed by atoms with Gasteiger partial charge < -0.3 is 4.74 Å². The molecule has 0 bridgehead atoms. The molecule has 31 heavy (non-hydrogen) atoms. The summed E-state index contributed by atoms with van der Waals surface area (Å²) in [6, 6.07) is 23.1. The van der Waals surface area contributed by atoms with Gasteiger partial charge in [-0.1, -0.05) is 36.4 Å². The molecule has 4 aromatic rings. The molecule has 1 N–H and O–H groups in total. The summed E-state index contributed by atoms with van der Waals surface area (Å²) < 4.78 is 6.93. The van der Waals surface area contributed by atoms with Crippen LogP contribution < -0.4 is 10.2 Å². The van der Waals surface area contributed by atoms with Gasteiger partial charge in [0, 0.05) is 12.3 Å². The molecule has 0 amide bonds. The number of anilines is 1. The summed E-state index contributed by atoms with van der Waals surface area (Å²) in [7, 11) is 0. The van der Waals surface area contributed by atoms with Gasteiger partial charge in [0.15, 0.2) is 0 Å². The van der Waals surface area contributed by atoms with Gasteiger partial charge in [-0.3, -0.25) is 15.5 Å². The van der Waals surface area contributed by atoms with E-state index in [4.69, 9.17) is 4.74 Å². The molecule has 0 radical (unpaired) electrons. The van der Waals surface area contributed by atoms with Crippen LogP contribution in [0, 0.1) is 13.7 Å². The van der Waals surface area contributed by atoms with Gasteiger partial charge in [0.25, 0.3) is 0 Å². The largest absolute Gasteiger partial charge is 0.488 e. The number of ether oxygens (including phenoxy) is 1. The molecular formula is C23H17IN4O3. The molecule has 0 saturated carbocycles. The van der Waals surface area contributed by atoms with E-state index in [9.17, 15) is 10.1 Å². The van der Waals surface area contributed by atoms with Gasteiger partial charge in [-0.25, -0.2) is 4.98 Å². The lowest BCUT2D eigenvalue weighted by molar-refractivity contribution is -0.384. The smallest absolute Gasteiger partial charge is 0.313 e. The predicted molar refractivity (Wildman–Crippen MR) is 130 cm³/mol. The third-order valence-corrected chi connectivity index (χ3v) is 5.37. The van der Waals surface area contributed by atoms with Gasteiger partial charge >= 0.3 is 5.69 Å². The maximum absolute atomic E-state index is 11.0. The van der Waals surface area contributed by atoms with Gasteiger partial charge in [-0.15, -0.1) is 0 Å². The summed E-state index contributed by atoms with van der Waals surface area (Å²) in [5.74, 6) is 0.869. The Labute approximate surface area is 192 Å². The Balaban J connectivity index is 1.40. The van der Waals surface area contributed by atoms with E-state index in [2.05, 4.69) is 68.4 Å². The lowest BCUT2D eigenvalue weighted by Crippen LogP contribution is -2.00. The molecule has 154 valence electrons. The van der Waals surface area contributed by atoms with E-state index in [1.807, 2.05) is 30.3 Å². The van der Waals surface area contributed by atoms with Crippen LogP contribution in [0.3, 0.4) is 0 Å². The number of rotatable bonds is 7. The lowest BCUT2D eigenvalue weighted by Gasteiger charge is -2.10. The molecule has 0 aliphatic heterocycles. The van der Waals surface area contributed by atoms with E-state index in [0.29, 0.717) is 6.61 Å². The van der Waals surface area contributed by atoms with Crippen LogP contribution in [0.2, 0.25) is 0 Å². The summed E-state index contributed by atoms with van der Waals surface area (Å²) in [6.45, 7) is 0.471. The summed E-state index contributed by atoms with van der Waals surface area (Å²) in [4.78, 5) is 14.5. The predicted octanol–water partition coefficient (Wildman–Crippen LogP) is 5.77. The zero-order valence-electron chi connectivity index (χ0n) is 16.2. The average Bonchev–Trinajstić information content (AvgIpc) is 2.78. The molecule has 0 saturated heterocycles. The van der Waals surface area contributed by atoms with E-state index in [1.165, 1.54) is 29.1 Å². The van der Waals surface area contributed by atoms with E-state index >= 15 is 0 Å². The number of nitrogens with zero attached hydrogens (tertiary/aromatic N) is 3. The second-order valence-corrected chi connectivity index (χ2v) is 7.82. The fraction of sp³-hybridized carbons (Fsp3) is 0.0435. The molecular weight excluding hydrogens is 507 g/mol. The number of pyridine rings is 1. The van der Waals surface area contributed by atoms with E-state index in [1.54, 1.807) is 6.21 Å². The van der Waals surface area contributed by atoms with Crippen LogP contribution in [-0.4, -0.2) is 16.1 Å². The quantitative estimate of drug-likeness (QED) is 0.144. The van der Waals surface area contributed by atoms with Crippen molar-refractivity contribution in [3.8, 4) is 5.75 Å². The van der Waals surface area contributed by atoms with Crippen LogP contribution in [0.25, 0.3) is 10.8 Å². The molecule has 8 heteroatoms. The Morgan fingerprint density at radius 3 is 2.71 bits per heavy atom. The summed E-state index contributed by atoms with van der Waals surface area (Å²) in [5.41, 5.74) is 4.41. The number of nitrogens with one attached hydrogen (secondary N) is 1. The van der Waals surface area contributed by atoms with Gasteiger partial charge in [0.1, 0.15) is 12.4 Å². The third-order valence-electron chi connectivity index (χ3n) is 4.53. The zero-order chi connectivity index (χ0) is 21.6. The second kappa shape index (κ2) is 9.52. The zero-order valence-corrected chi connectivity index (χ0v) is 18.4. The third kappa shape index (κ3) is 5.15. The minimum absolute atomic E-state index is 0.0915.